The number of halogens is 1. The van der Waals surface area contributed by atoms with Crippen molar-refractivity contribution in [2.45, 2.75) is 70.3 Å². The normalized spacial score (nSPS) is 33.5. The first-order valence-corrected chi connectivity index (χ1v) is 11.7. The minimum absolute atomic E-state index is 0.377. The van der Waals surface area contributed by atoms with Gasteiger partial charge in [-0.3, -0.25) is 0 Å². The van der Waals surface area contributed by atoms with E-state index in [1.807, 2.05) is 7.11 Å². The minimum Gasteiger partial charge on any atom is -0.593 e. The third-order valence-corrected chi connectivity index (χ3v) is 9.42. The van der Waals surface area contributed by atoms with Gasteiger partial charge in [-0.25, -0.2) is 0 Å². The third-order valence-electron chi connectivity index (χ3n) is 6.16. The average molecular weight is 420 g/mol. The van der Waals surface area contributed by atoms with E-state index in [9.17, 15) is 8.76 Å². The van der Waals surface area contributed by atoms with Crippen molar-refractivity contribution in [3.63, 3.8) is 0 Å². The highest BCUT2D eigenvalue weighted by atomic mass is 79.9. The minimum atomic E-state index is -3.27. The van der Waals surface area contributed by atoms with Crippen molar-refractivity contribution < 1.29 is 13.5 Å². The van der Waals surface area contributed by atoms with Crippen LogP contribution in [0.3, 0.4) is 0 Å². The molecule has 0 N–H and O–H groups in total. The number of sulfonamides is 1. The predicted molar refractivity (Wildman–Crippen MR) is 100 cm³/mol. The largest absolute Gasteiger partial charge is 0.593 e. The lowest BCUT2D eigenvalue weighted by Crippen LogP contribution is -2.46. The molecule has 1 heterocycles. The van der Waals surface area contributed by atoms with Crippen molar-refractivity contribution in [2.75, 3.05) is 20.2 Å². The molecule has 2 fully saturated rings. The summed E-state index contributed by atoms with van der Waals surface area (Å²) in [6.07, 6.45) is 10.9. The van der Waals surface area contributed by atoms with Gasteiger partial charge in [-0.05, 0) is 56.8 Å². The third kappa shape index (κ3) is 3.98. The van der Waals surface area contributed by atoms with Crippen molar-refractivity contribution in [3.8, 4) is 0 Å². The lowest BCUT2D eigenvalue weighted by atomic mass is 9.74. The fourth-order valence-electron chi connectivity index (χ4n) is 4.77. The van der Waals surface area contributed by atoms with Gasteiger partial charge in [0.05, 0.1) is 6.10 Å². The fourth-order valence-corrected chi connectivity index (χ4v) is 7.65. The van der Waals surface area contributed by atoms with E-state index in [1.54, 1.807) is 4.31 Å². The second-order valence-corrected chi connectivity index (χ2v) is 10.4. The molecule has 3 atom stereocenters. The maximum atomic E-state index is 13.0. The molecule has 138 valence electrons. The molecule has 1 aliphatic heterocycles. The molecule has 3 aliphatic rings. The second-order valence-electron chi connectivity index (χ2n) is 7.50. The van der Waals surface area contributed by atoms with Crippen LogP contribution in [0.2, 0.25) is 0 Å². The first kappa shape index (κ1) is 19.0. The molecule has 0 bridgehead atoms. The van der Waals surface area contributed by atoms with Crippen LogP contribution in [0.1, 0.15) is 64.2 Å². The summed E-state index contributed by atoms with van der Waals surface area (Å²) in [5, 5.41) is 0. The fraction of sp³-hybridized carbons (Fsp3) is 0.889. The summed E-state index contributed by atoms with van der Waals surface area (Å²) < 4.78 is 34.3. The van der Waals surface area contributed by atoms with Crippen molar-refractivity contribution in [2.24, 2.45) is 11.8 Å². The number of allylic oxidation sites excluding steroid dienone is 2. The van der Waals surface area contributed by atoms with E-state index >= 15 is 0 Å². The van der Waals surface area contributed by atoms with E-state index in [1.165, 1.54) is 25.7 Å². The summed E-state index contributed by atoms with van der Waals surface area (Å²) in [7, 11) is -1.44. The molecule has 1 saturated carbocycles. The van der Waals surface area contributed by atoms with Crippen LogP contribution in [0.15, 0.2) is 9.39 Å². The highest BCUT2D eigenvalue weighted by Crippen LogP contribution is 2.41. The lowest BCUT2D eigenvalue weighted by molar-refractivity contribution is -0.0114. The molecule has 0 amide bonds. The summed E-state index contributed by atoms with van der Waals surface area (Å²) in [6, 6.07) is 0. The van der Waals surface area contributed by atoms with Crippen LogP contribution < -0.4 is 0 Å². The molecule has 6 heteroatoms. The maximum Gasteiger partial charge on any atom is 0.162 e. The number of hydrogen-bond acceptors (Lipinski definition) is 3. The van der Waals surface area contributed by atoms with Crippen LogP contribution in [0.4, 0.5) is 0 Å². The summed E-state index contributed by atoms with van der Waals surface area (Å²) in [4.78, 5) is 0.639. The molecule has 24 heavy (non-hydrogen) atoms. The molecule has 0 spiro atoms. The molecule has 0 aromatic heterocycles. The van der Waals surface area contributed by atoms with Gasteiger partial charge in [0.1, 0.15) is 0 Å². The molecular weight excluding hydrogens is 390 g/mol. The highest BCUT2D eigenvalue weighted by molar-refractivity contribution is 9.11. The van der Waals surface area contributed by atoms with Gasteiger partial charge in [0.25, 0.3) is 0 Å². The van der Waals surface area contributed by atoms with Crippen LogP contribution in [0.5, 0.6) is 0 Å². The Balaban J connectivity index is 1.63. The van der Waals surface area contributed by atoms with Gasteiger partial charge < -0.3 is 9.29 Å². The maximum absolute atomic E-state index is 13.0. The number of ether oxygens (including phenoxy) is 1. The van der Waals surface area contributed by atoms with Gasteiger partial charge in [0.15, 0.2) is 15.3 Å². The van der Waals surface area contributed by atoms with Crippen molar-refractivity contribution in [1.82, 2.24) is 4.31 Å². The SMILES string of the molecule is COC1CCCCC1C1CCN([S+](=O)([O-])C2=C(Br)CCCC2)CC1. The van der Waals surface area contributed by atoms with Gasteiger partial charge in [0, 0.05) is 31.1 Å². The van der Waals surface area contributed by atoms with Crippen LogP contribution in [-0.4, -0.2) is 35.2 Å². The Morgan fingerprint density at radius 3 is 2.42 bits per heavy atom. The van der Waals surface area contributed by atoms with Gasteiger partial charge >= 0.3 is 0 Å². The average Bonchev–Trinajstić information content (AvgIpc) is 2.62. The summed E-state index contributed by atoms with van der Waals surface area (Å²) >= 11 is 3.51. The first-order valence-electron chi connectivity index (χ1n) is 9.44. The van der Waals surface area contributed by atoms with Gasteiger partial charge in [0.2, 0.25) is 0 Å². The number of methoxy groups -OCH3 is 1. The standard InChI is InChI=1S/C18H30BrNO3S/c1-23-17-8-4-2-6-15(17)14-10-12-20(13-11-14)24(21,22)18-9-5-3-7-16(18)19/h14-15,17H,2-13H2,1H3. The van der Waals surface area contributed by atoms with Gasteiger partial charge in [-0.2, -0.15) is 0 Å². The highest BCUT2D eigenvalue weighted by Gasteiger charge is 2.40. The molecule has 0 radical (unpaired) electrons. The molecule has 1 saturated heterocycles. The van der Waals surface area contributed by atoms with E-state index in [2.05, 4.69) is 15.9 Å². The van der Waals surface area contributed by atoms with E-state index in [4.69, 9.17) is 4.74 Å². The number of nitrogens with zero attached hydrogens (tertiary/aromatic N) is 1. The van der Waals surface area contributed by atoms with Crippen molar-refractivity contribution in [1.29, 1.82) is 0 Å². The zero-order chi connectivity index (χ0) is 17.2. The zero-order valence-electron chi connectivity index (χ0n) is 14.7. The summed E-state index contributed by atoms with van der Waals surface area (Å²) in [6.45, 7) is 1.34. The van der Waals surface area contributed by atoms with Crippen molar-refractivity contribution >= 4 is 26.3 Å². The number of rotatable bonds is 4. The Labute approximate surface area is 155 Å². The Hall–Kier alpha value is 0.250. The molecule has 3 unspecified atom stereocenters. The Morgan fingerprint density at radius 1 is 1.08 bits per heavy atom. The number of piperidine rings is 1. The topological polar surface area (TPSA) is 52.6 Å². The summed E-state index contributed by atoms with van der Waals surface area (Å²) in [5.41, 5.74) is 0. The van der Waals surface area contributed by atoms with Crippen LogP contribution in [-0.2, 0) is 19.3 Å². The van der Waals surface area contributed by atoms with Crippen LogP contribution in [0.25, 0.3) is 0 Å². The van der Waals surface area contributed by atoms with E-state index in [0.29, 0.717) is 42.4 Å². The monoisotopic (exact) mass is 419 g/mol. The second kappa shape index (κ2) is 8.30. The Morgan fingerprint density at radius 2 is 1.75 bits per heavy atom. The van der Waals surface area contributed by atoms with E-state index < -0.39 is 10.4 Å². The molecule has 0 aromatic rings. The smallest absolute Gasteiger partial charge is 0.162 e. The lowest BCUT2D eigenvalue weighted by Gasteiger charge is -2.41. The first-order chi connectivity index (χ1) is 11.5. The zero-order valence-corrected chi connectivity index (χ0v) is 17.1. The Bertz CT molecular complexity index is 516. The summed E-state index contributed by atoms with van der Waals surface area (Å²) in [5.74, 6) is 1.24. The van der Waals surface area contributed by atoms with Crippen LogP contribution >= 0.6 is 15.9 Å². The molecule has 3 rings (SSSR count). The molecule has 4 nitrogen and oxygen atoms in total. The molecule has 0 aromatic carbocycles. The molecule has 2 aliphatic carbocycles. The quantitative estimate of drug-likeness (QED) is 0.624. The Kier molecular flexibility index (Phi) is 6.58. The van der Waals surface area contributed by atoms with Crippen molar-refractivity contribution in [3.05, 3.63) is 9.39 Å². The van der Waals surface area contributed by atoms with Crippen LogP contribution in [0, 0.1) is 11.8 Å². The van der Waals surface area contributed by atoms with E-state index in [0.717, 1.165) is 36.6 Å². The van der Waals surface area contributed by atoms with Gasteiger partial charge in [-0.1, -0.05) is 33.0 Å². The van der Waals surface area contributed by atoms with E-state index in [-0.39, 0.29) is 0 Å². The van der Waals surface area contributed by atoms with Gasteiger partial charge in [-0.15, -0.1) is 4.31 Å². The molecular formula is C18H30BrNO3S. The number of hydrogen-bond donors (Lipinski definition) is 0. The predicted octanol–water partition coefficient (Wildman–Crippen LogP) is 4.63.